The second kappa shape index (κ2) is 11.1. The molecule has 1 saturated heterocycles. The van der Waals surface area contributed by atoms with Gasteiger partial charge < -0.3 is 10.6 Å². The van der Waals surface area contributed by atoms with E-state index in [1.165, 1.54) is 0 Å². The second-order valence-electron chi connectivity index (χ2n) is 6.60. The number of halogens is 1. The predicted octanol–water partition coefficient (Wildman–Crippen LogP) is 2.94. The van der Waals surface area contributed by atoms with Gasteiger partial charge in [-0.25, -0.2) is 13.4 Å². The summed E-state index contributed by atoms with van der Waals surface area (Å²) >= 11 is 0. The lowest BCUT2D eigenvalue weighted by Gasteiger charge is -2.25. The van der Waals surface area contributed by atoms with E-state index in [0.717, 1.165) is 37.3 Å². The molecule has 0 amide bonds. The third-order valence-electron chi connectivity index (χ3n) is 4.07. The molecule has 2 rings (SSSR count). The van der Waals surface area contributed by atoms with Crippen molar-refractivity contribution in [2.75, 3.05) is 19.6 Å². The van der Waals surface area contributed by atoms with Crippen LogP contribution in [-0.4, -0.2) is 44.4 Å². The number of aliphatic imine (C=N–C) groups is 1. The zero-order valence-electron chi connectivity index (χ0n) is 15.9. The Morgan fingerprint density at radius 1 is 1.15 bits per heavy atom. The molecule has 1 aromatic carbocycles. The maximum Gasteiger partial charge on any atom is 0.243 e. The van der Waals surface area contributed by atoms with E-state index in [-0.39, 0.29) is 24.0 Å². The van der Waals surface area contributed by atoms with Gasteiger partial charge in [-0.3, -0.25) is 0 Å². The summed E-state index contributed by atoms with van der Waals surface area (Å²) in [5.41, 5.74) is 0.985. The summed E-state index contributed by atoms with van der Waals surface area (Å²) in [4.78, 5) is 4.91. The largest absolute Gasteiger partial charge is 0.357 e. The molecule has 1 aliphatic heterocycles. The Morgan fingerprint density at radius 2 is 1.77 bits per heavy atom. The average Bonchev–Trinajstić information content (AvgIpc) is 2.60. The highest BCUT2D eigenvalue weighted by Crippen LogP contribution is 2.21. The van der Waals surface area contributed by atoms with Crippen LogP contribution in [0.25, 0.3) is 0 Å². The van der Waals surface area contributed by atoms with E-state index in [4.69, 9.17) is 0 Å². The van der Waals surface area contributed by atoms with Crippen LogP contribution in [0.2, 0.25) is 0 Å². The van der Waals surface area contributed by atoms with Gasteiger partial charge >= 0.3 is 0 Å². The molecule has 26 heavy (non-hydrogen) atoms. The molecule has 1 heterocycles. The Bertz CT molecular complexity index is 669. The first-order chi connectivity index (χ1) is 11.9. The third kappa shape index (κ3) is 6.70. The van der Waals surface area contributed by atoms with Gasteiger partial charge in [0.1, 0.15) is 0 Å². The third-order valence-corrected chi connectivity index (χ3v) is 5.98. The molecule has 0 bridgehead atoms. The first-order valence-electron chi connectivity index (χ1n) is 9.07. The van der Waals surface area contributed by atoms with Gasteiger partial charge in [-0.15, -0.1) is 24.0 Å². The molecule has 0 atom stereocenters. The smallest absolute Gasteiger partial charge is 0.243 e. The summed E-state index contributed by atoms with van der Waals surface area (Å²) in [7, 11) is -3.36. The van der Waals surface area contributed by atoms with Crippen LogP contribution in [0.15, 0.2) is 34.2 Å². The predicted molar refractivity (Wildman–Crippen MR) is 118 cm³/mol. The molecule has 0 spiro atoms. The molecule has 0 aromatic heterocycles. The van der Waals surface area contributed by atoms with Crippen LogP contribution in [0, 0.1) is 0 Å². The van der Waals surface area contributed by atoms with Gasteiger partial charge in [-0.1, -0.05) is 18.6 Å². The number of sulfonamides is 1. The van der Waals surface area contributed by atoms with E-state index in [1.54, 1.807) is 16.4 Å². The van der Waals surface area contributed by atoms with Crippen LogP contribution in [0.3, 0.4) is 0 Å². The second-order valence-corrected chi connectivity index (χ2v) is 8.54. The Morgan fingerprint density at radius 3 is 2.31 bits per heavy atom. The highest BCUT2D eigenvalue weighted by molar-refractivity contribution is 14.0. The van der Waals surface area contributed by atoms with Crippen LogP contribution < -0.4 is 10.6 Å². The zero-order chi connectivity index (χ0) is 18.3. The van der Waals surface area contributed by atoms with Gasteiger partial charge in [-0.05, 0) is 51.3 Å². The van der Waals surface area contributed by atoms with Crippen molar-refractivity contribution >= 4 is 40.0 Å². The van der Waals surface area contributed by atoms with Gasteiger partial charge in [0.2, 0.25) is 10.0 Å². The number of nitrogens with zero attached hydrogens (tertiary/aromatic N) is 2. The maximum atomic E-state index is 12.6. The first kappa shape index (κ1) is 23.2. The monoisotopic (exact) mass is 494 g/mol. The van der Waals surface area contributed by atoms with Crippen molar-refractivity contribution < 1.29 is 8.42 Å². The molecule has 8 heteroatoms. The van der Waals surface area contributed by atoms with Gasteiger partial charge in [0.05, 0.1) is 11.4 Å². The summed E-state index contributed by atoms with van der Waals surface area (Å²) in [6, 6.07) is 7.38. The SMILES string of the molecule is CCNC(=NCc1ccc(S(=O)(=O)N2CCCCC2)cc1)NC(C)C.I. The fourth-order valence-corrected chi connectivity index (χ4v) is 4.30. The van der Waals surface area contributed by atoms with E-state index < -0.39 is 10.0 Å². The van der Waals surface area contributed by atoms with Crippen molar-refractivity contribution in [3.8, 4) is 0 Å². The van der Waals surface area contributed by atoms with E-state index >= 15 is 0 Å². The fraction of sp³-hybridized carbons (Fsp3) is 0.611. The van der Waals surface area contributed by atoms with E-state index in [1.807, 2.05) is 19.1 Å². The van der Waals surface area contributed by atoms with Crippen LogP contribution in [0.5, 0.6) is 0 Å². The number of rotatable bonds is 6. The summed E-state index contributed by atoms with van der Waals surface area (Å²) < 4.78 is 26.9. The van der Waals surface area contributed by atoms with Crippen molar-refractivity contribution in [1.29, 1.82) is 0 Å². The number of piperidine rings is 1. The molecule has 1 fully saturated rings. The van der Waals surface area contributed by atoms with Crippen molar-refractivity contribution in [2.24, 2.45) is 4.99 Å². The lowest BCUT2D eigenvalue weighted by atomic mass is 10.2. The number of guanidine groups is 1. The molecular formula is C18H31IN4O2S. The normalized spacial score (nSPS) is 16.2. The summed E-state index contributed by atoms with van der Waals surface area (Å²) in [5.74, 6) is 0.766. The van der Waals surface area contributed by atoms with Gasteiger partial charge in [0.25, 0.3) is 0 Å². The van der Waals surface area contributed by atoms with Crippen LogP contribution >= 0.6 is 24.0 Å². The molecule has 0 saturated carbocycles. The molecular weight excluding hydrogens is 463 g/mol. The molecule has 2 N–H and O–H groups in total. The lowest BCUT2D eigenvalue weighted by molar-refractivity contribution is 0.346. The minimum atomic E-state index is -3.36. The van der Waals surface area contributed by atoms with Crippen LogP contribution in [-0.2, 0) is 16.6 Å². The Hall–Kier alpha value is -0.870. The van der Waals surface area contributed by atoms with E-state index in [9.17, 15) is 8.42 Å². The molecule has 0 radical (unpaired) electrons. The molecule has 0 aliphatic carbocycles. The molecule has 148 valence electrons. The topological polar surface area (TPSA) is 73.8 Å². The summed E-state index contributed by atoms with van der Waals surface area (Å²) in [6.07, 6.45) is 3.01. The van der Waals surface area contributed by atoms with Crippen molar-refractivity contribution in [3.05, 3.63) is 29.8 Å². The minimum absolute atomic E-state index is 0. The minimum Gasteiger partial charge on any atom is -0.357 e. The fourth-order valence-electron chi connectivity index (χ4n) is 2.78. The highest BCUT2D eigenvalue weighted by Gasteiger charge is 2.25. The van der Waals surface area contributed by atoms with Crippen molar-refractivity contribution in [1.82, 2.24) is 14.9 Å². The maximum absolute atomic E-state index is 12.6. The van der Waals surface area contributed by atoms with Crippen LogP contribution in [0.4, 0.5) is 0 Å². The molecule has 6 nitrogen and oxygen atoms in total. The lowest BCUT2D eigenvalue weighted by Crippen LogP contribution is -2.41. The number of hydrogen-bond donors (Lipinski definition) is 2. The van der Waals surface area contributed by atoms with Crippen LogP contribution in [0.1, 0.15) is 45.6 Å². The number of benzene rings is 1. The Balaban J connectivity index is 0.00000338. The Labute approximate surface area is 174 Å². The van der Waals surface area contributed by atoms with Crippen molar-refractivity contribution in [2.45, 2.75) is 57.5 Å². The average molecular weight is 494 g/mol. The first-order valence-corrected chi connectivity index (χ1v) is 10.5. The standard InChI is InChI=1S/C18H30N4O2S.HI/c1-4-19-18(21-15(2)3)20-14-16-8-10-17(11-9-16)25(23,24)22-12-6-5-7-13-22;/h8-11,15H,4-7,12-14H2,1-3H3,(H2,19,20,21);1H. The summed E-state index contributed by atoms with van der Waals surface area (Å²) in [6.45, 7) is 8.71. The van der Waals surface area contributed by atoms with Crippen molar-refractivity contribution in [3.63, 3.8) is 0 Å². The number of nitrogens with one attached hydrogen (secondary N) is 2. The Kier molecular flexibility index (Phi) is 9.88. The van der Waals surface area contributed by atoms with E-state index in [2.05, 4.69) is 29.5 Å². The van der Waals surface area contributed by atoms with Gasteiger partial charge in [0, 0.05) is 25.7 Å². The van der Waals surface area contributed by atoms with Gasteiger partial charge in [-0.2, -0.15) is 4.31 Å². The molecule has 1 aromatic rings. The van der Waals surface area contributed by atoms with E-state index in [0.29, 0.717) is 30.6 Å². The highest BCUT2D eigenvalue weighted by atomic mass is 127. The molecule has 0 unspecified atom stereocenters. The van der Waals surface area contributed by atoms with Gasteiger partial charge in [0.15, 0.2) is 5.96 Å². The summed E-state index contributed by atoms with van der Waals surface area (Å²) in [5, 5.41) is 6.47. The number of hydrogen-bond acceptors (Lipinski definition) is 3. The zero-order valence-corrected chi connectivity index (χ0v) is 19.0. The quantitative estimate of drug-likeness (QED) is 0.363. The molecule has 1 aliphatic rings.